The van der Waals surface area contributed by atoms with Crippen molar-refractivity contribution in [3.8, 4) is 34.8 Å². The van der Waals surface area contributed by atoms with E-state index in [-0.39, 0.29) is 6.10 Å². The molecule has 2 aromatic heterocycles. The van der Waals surface area contributed by atoms with Crippen LogP contribution in [0.5, 0.6) is 5.75 Å². The zero-order chi connectivity index (χ0) is 26.4. The molecular weight excluding hydrogens is 506 g/mol. The summed E-state index contributed by atoms with van der Waals surface area (Å²) in [6, 6.07) is 22.6. The molecule has 0 bridgehead atoms. The third kappa shape index (κ3) is 5.82. The second-order valence-electron chi connectivity index (χ2n) is 9.73. The van der Waals surface area contributed by atoms with Gasteiger partial charge in [-0.3, -0.25) is 3.97 Å². The topological polar surface area (TPSA) is 69.3 Å². The molecule has 2 aliphatic heterocycles. The molecule has 2 saturated heterocycles. The largest absolute Gasteiger partial charge is 0.489 e. The molecule has 0 radical (unpaired) electrons. The van der Waals surface area contributed by atoms with E-state index in [0.29, 0.717) is 30.4 Å². The first-order chi connectivity index (χ1) is 19.3. The quantitative estimate of drug-likeness (QED) is 0.273. The molecule has 0 saturated carbocycles. The van der Waals surface area contributed by atoms with Gasteiger partial charge in [0.25, 0.3) is 0 Å². The Balaban J connectivity index is 1.39. The highest BCUT2D eigenvalue weighted by atomic mass is 32.2. The average Bonchev–Trinajstić information content (AvgIpc) is 3.35. The Hall–Kier alpha value is -3.75. The van der Waals surface area contributed by atoms with Crippen LogP contribution in [0.1, 0.15) is 36.9 Å². The number of hydrogen-bond donors (Lipinski definition) is 0. The maximum atomic E-state index is 9.94. The van der Waals surface area contributed by atoms with Crippen molar-refractivity contribution in [1.29, 1.82) is 5.26 Å². The first-order valence-corrected chi connectivity index (χ1v) is 14.2. The lowest BCUT2D eigenvalue weighted by Crippen LogP contribution is -2.26. The van der Waals surface area contributed by atoms with Crippen LogP contribution in [0.2, 0.25) is 0 Å². The Kier molecular flexibility index (Phi) is 7.83. The summed E-state index contributed by atoms with van der Waals surface area (Å²) >= 11 is 1.61. The summed E-state index contributed by atoms with van der Waals surface area (Å²) < 4.78 is 19.3. The van der Waals surface area contributed by atoms with Gasteiger partial charge in [0.05, 0.1) is 18.8 Å². The number of nitrogens with zero attached hydrogens (tertiary/aromatic N) is 3. The van der Waals surface area contributed by atoms with Crippen molar-refractivity contribution in [2.75, 3.05) is 26.4 Å². The van der Waals surface area contributed by atoms with Crippen LogP contribution in [-0.2, 0) is 9.47 Å². The van der Waals surface area contributed by atoms with Crippen LogP contribution in [0.3, 0.4) is 0 Å². The van der Waals surface area contributed by atoms with Gasteiger partial charge in [0.1, 0.15) is 23.6 Å². The van der Waals surface area contributed by atoms with Crippen molar-refractivity contribution in [1.82, 2.24) is 8.96 Å². The highest BCUT2D eigenvalue weighted by Crippen LogP contribution is 2.36. The number of benzene rings is 2. The minimum Gasteiger partial charge on any atom is -0.489 e. The normalized spacial score (nSPS) is 16.4. The number of rotatable bonds is 5. The standard InChI is InChI=1S/C32H29N3O3S/c33-22-25-20-24(7-9-31(25)38-27-13-18-37-19-14-27)29-10-15-34-32-30(29)21-26(8-6-23-11-16-36-17-12-23)35(32)39-28-4-2-1-3-5-28/h1-5,7,9-10,15,20-21,23,27H,11-14,16-19H2. The molecular formula is C32H29N3O3S. The first kappa shape index (κ1) is 25.5. The van der Waals surface area contributed by atoms with Gasteiger partial charge < -0.3 is 14.2 Å². The van der Waals surface area contributed by atoms with Gasteiger partial charge in [0.15, 0.2) is 5.65 Å². The SMILES string of the molecule is N#Cc1cc(-c2ccnc3c2cc(C#CC2CCOCC2)n3Sc2ccccc2)ccc1OC1CCOCC1. The van der Waals surface area contributed by atoms with Gasteiger partial charge in [-0.1, -0.05) is 30.2 Å². The number of aromatic nitrogens is 2. The van der Waals surface area contributed by atoms with Gasteiger partial charge in [-0.15, -0.1) is 0 Å². The fourth-order valence-corrected chi connectivity index (χ4v) is 5.89. The van der Waals surface area contributed by atoms with Crippen LogP contribution < -0.4 is 4.74 Å². The second-order valence-corrected chi connectivity index (χ2v) is 10.8. The molecule has 6 nitrogen and oxygen atoms in total. The monoisotopic (exact) mass is 535 g/mol. The summed E-state index contributed by atoms with van der Waals surface area (Å²) in [4.78, 5) is 5.88. The van der Waals surface area contributed by atoms with Crippen LogP contribution in [0, 0.1) is 29.1 Å². The van der Waals surface area contributed by atoms with E-state index >= 15 is 0 Å². The number of pyridine rings is 1. The van der Waals surface area contributed by atoms with E-state index in [0.717, 1.165) is 71.6 Å². The lowest BCUT2D eigenvalue weighted by molar-refractivity contribution is 0.0254. The average molecular weight is 536 g/mol. The molecule has 2 aromatic carbocycles. The van der Waals surface area contributed by atoms with Crippen molar-refractivity contribution in [3.63, 3.8) is 0 Å². The Morgan fingerprint density at radius 1 is 0.923 bits per heavy atom. The zero-order valence-corrected chi connectivity index (χ0v) is 22.5. The molecule has 2 aliphatic rings. The molecule has 2 fully saturated rings. The number of hydrogen-bond acceptors (Lipinski definition) is 6. The summed E-state index contributed by atoms with van der Waals surface area (Å²) in [6.07, 6.45) is 5.49. The molecule has 0 unspecified atom stereocenters. The van der Waals surface area contributed by atoms with Crippen LogP contribution in [0.25, 0.3) is 22.2 Å². The van der Waals surface area contributed by atoms with Gasteiger partial charge in [-0.05, 0) is 78.2 Å². The first-order valence-electron chi connectivity index (χ1n) is 13.4. The molecule has 7 heteroatoms. The maximum absolute atomic E-state index is 9.94. The van der Waals surface area contributed by atoms with E-state index in [9.17, 15) is 5.26 Å². The van der Waals surface area contributed by atoms with Gasteiger partial charge in [0, 0.05) is 48.5 Å². The van der Waals surface area contributed by atoms with Gasteiger partial charge in [0.2, 0.25) is 0 Å². The van der Waals surface area contributed by atoms with E-state index < -0.39 is 0 Å². The van der Waals surface area contributed by atoms with Crippen molar-refractivity contribution in [2.24, 2.45) is 5.92 Å². The number of ether oxygens (including phenoxy) is 3. The highest BCUT2D eigenvalue weighted by molar-refractivity contribution is 7.98. The summed E-state index contributed by atoms with van der Waals surface area (Å²) in [7, 11) is 0. The number of fused-ring (bicyclic) bond motifs is 1. The van der Waals surface area contributed by atoms with Gasteiger partial charge >= 0.3 is 0 Å². The van der Waals surface area contributed by atoms with Gasteiger partial charge in [-0.25, -0.2) is 4.98 Å². The molecule has 0 atom stereocenters. The summed E-state index contributed by atoms with van der Waals surface area (Å²) in [6.45, 7) is 2.92. The third-order valence-corrected chi connectivity index (χ3v) is 8.14. The predicted octanol–water partition coefficient (Wildman–Crippen LogP) is 6.47. The van der Waals surface area contributed by atoms with E-state index in [2.05, 4.69) is 40.1 Å². The van der Waals surface area contributed by atoms with Crippen LogP contribution >= 0.6 is 11.9 Å². The Bertz CT molecular complexity index is 1550. The molecule has 6 rings (SSSR count). The van der Waals surface area contributed by atoms with Crippen LogP contribution in [0.4, 0.5) is 0 Å². The molecule has 4 heterocycles. The van der Waals surface area contributed by atoms with Crippen LogP contribution in [-0.4, -0.2) is 41.5 Å². The molecule has 0 amide bonds. The zero-order valence-electron chi connectivity index (χ0n) is 21.6. The summed E-state index contributed by atoms with van der Waals surface area (Å²) in [5.41, 5.74) is 4.24. The minimum absolute atomic E-state index is 0.0743. The number of nitriles is 1. The minimum atomic E-state index is 0.0743. The Labute approximate surface area is 233 Å². The summed E-state index contributed by atoms with van der Waals surface area (Å²) in [5, 5.41) is 10.9. The fraction of sp³-hybridized carbons (Fsp3) is 0.312. The fourth-order valence-electron chi connectivity index (χ4n) is 4.97. The molecule has 196 valence electrons. The Morgan fingerprint density at radius 3 is 2.46 bits per heavy atom. The maximum Gasteiger partial charge on any atom is 0.151 e. The highest BCUT2D eigenvalue weighted by Gasteiger charge is 2.19. The van der Waals surface area contributed by atoms with Crippen LogP contribution in [0.15, 0.2) is 71.8 Å². The second kappa shape index (κ2) is 12.0. The lowest BCUT2D eigenvalue weighted by atomic mass is 10.0. The smallest absolute Gasteiger partial charge is 0.151 e. The Morgan fingerprint density at radius 2 is 1.69 bits per heavy atom. The molecule has 4 aromatic rings. The van der Waals surface area contributed by atoms with E-state index in [1.165, 1.54) is 0 Å². The third-order valence-electron chi connectivity index (χ3n) is 7.10. The molecule has 0 aliphatic carbocycles. The van der Waals surface area contributed by atoms with Crippen molar-refractivity contribution >= 4 is 23.0 Å². The van der Waals surface area contributed by atoms with Crippen molar-refractivity contribution < 1.29 is 14.2 Å². The van der Waals surface area contributed by atoms with E-state index in [1.807, 2.05) is 48.7 Å². The summed E-state index contributed by atoms with van der Waals surface area (Å²) in [5.74, 6) is 7.91. The predicted molar refractivity (Wildman–Crippen MR) is 152 cm³/mol. The lowest BCUT2D eigenvalue weighted by Gasteiger charge is -2.23. The van der Waals surface area contributed by atoms with Crippen molar-refractivity contribution in [3.05, 3.63) is 78.1 Å². The van der Waals surface area contributed by atoms with E-state index in [1.54, 1.807) is 11.9 Å². The van der Waals surface area contributed by atoms with E-state index in [4.69, 9.17) is 19.2 Å². The molecule has 0 N–H and O–H groups in total. The van der Waals surface area contributed by atoms with Crippen molar-refractivity contribution in [2.45, 2.75) is 36.7 Å². The molecule has 0 spiro atoms. The molecule has 39 heavy (non-hydrogen) atoms. The van der Waals surface area contributed by atoms with Gasteiger partial charge in [-0.2, -0.15) is 5.26 Å².